The lowest BCUT2D eigenvalue weighted by Crippen LogP contribution is -2.51. The molecule has 0 radical (unpaired) electrons. The molecule has 3 heterocycles. The van der Waals surface area contributed by atoms with Crippen molar-refractivity contribution in [1.82, 2.24) is 0 Å². The molecule has 3 aliphatic rings. The summed E-state index contributed by atoms with van der Waals surface area (Å²) in [5.74, 6) is 1.33. The standard InChI is InChI=1S/C33H62O6S2Si2/c1-14-24-20-25(37-32(8,9)36-24)21-26(38-42(10,11)30(2,3)4)22-33(40-18-15-19-41-33)23-28-27(16-17-29(34)35-28)39-43(12,13)31(5,6)7/h16-17,24-28H,14-15,18-23H2,1-13H3/t24-,25-,26-,27-,28-/m1/s1. The first-order valence-corrected chi connectivity index (χ1v) is 24.2. The fraction of sp³-hybridized carbons (Fsp3) is 0.909. The maximum Gasteiger partial charge on any atom is 0.330 e. The van der Waals surface area contributed by atoms with Crippen LogP contribution < -0.4 is 0 Å². The van der Waals surface area contributed by atoms with E-state index in [1.165, 1.54) is 6.42 Å². The van der Waals surface area contributed by atoms with E-state index in [4.69, 9.17) is 23.1 Å². The van der Waals surface area contributed by atoms with E-state index in [-0.39, 0.29) is 50.6 Å². The zero-order valence-electron chi connectivity index (χ0n) is 29.5. The lowest BCUT2D eigenvalue weighted by molar-refractivity contribution is -0.302. The first-order chi connectivity index (χ1) is 19.6. The van der Waals surface area contributed by atoms with Crippen LogP contribution in [0.4, 0.5) is 0 Å². The third-order valence-corrected chi connectivity index (χ3v) is 22.5. The van der Waals surface area contributed by atoms with Crippen molar-refractivity contribution in [2.75, 3.05) is 11.5 Å². The number of esters is 1. The second-order valence-electron chi connectivity index (χ2n) is 16.3. The fourth-order valence-electron chi connectivity index (χ4n) is 5.61. The summed E-state index contributed by atoms with van der Waals surface area (Å²) in [5, 5.41) is 0.160. The van der Waals surface area contributed by atoms with Gasteiger partial charge in [0.15, 0.2) is 22.4 Å². The highest BCUT2D eigenvalue weighted by Crippen LogP contribution is 2.52. The van der Waals surface area contributed by atoms with Gasteiger partial charge in [-0.2, -0.15) is 0 Å². The molecule has 6 nitrogen and oxygen atoms in total. The summed E-state index contributed by atoms with van der Waals surface area (Å²) in [6.07, 6.45) is 8.77. The van der Waals surface area contributed by atoms with Gasteiger partial charge >= 0.3 is 5.97 Å². The van der Waals surface area contributed by atoms with E-state index in [0.29, 0.717) is 0 Å². The van der Waals surface area contributed by atoms with E-state index in [9.17, 15) is 4.79 Å². The molecule has 3 aliphatic heterocycles. The number of ether oxygens (including phenoxy) is 3. The number of cyclic esters (lactones) is 1. The Morgan fingerprint density at radius 3 is 2.12 bits per heavy atom. The number of carbonyl (C=O) groups is 1. The average Bonchev–Trinajstić information content (AvgIpc) is 2.83. The second kappa shape index (κ2) is 14.1. The van der Waals surface area contributed by atoms with Crippen molar-refractivity contribution in [1.29, 1.82) is 0 Å². The SMILES string of the molecule is CC[C@@H]1C[C@H](C[C@H](CC2(C[C@H]3OC(=O)C=C[C@H]3O[Si](C)(C)C(C)(C)C)SCCCS2)O[Si](C)(C)C(C)(C)C)OC(C)(C)O1. The second-order valence-corrected chi connectivity index (χ2v) is 29.0. The van der Waals surface area contributed by atoms with Gasteiger partial charge in [-0.25, -0.2) is 4.79 Å². The summed E-state index contributed by atoms with van der Waals surface area (Å²) in [6.45, 7) is 29.2. The molecule has 0 amide bonds. The normalized spacial score (nSPS) is 29.3. The van der Waals surface area contributed by atoms with Crippen LogP contribution in [0.3, 0.4) is 0 Å². The number of thioether (sulfide) groups is 2. The maximum absolute atomic E-state index is 12.6. The largest absolute Gasteiger partial charge is 0.456 e. The number of hydrogen-bond donors (Lipinski definition) is 0. The first-order valence-electron chi connectivity index (χ1n) is 16.4. The lowest BCUT2D eigenvalue weighted by atomic mass is 9.96. The predicted octanol–water partition coefficient (Wildman–Crippen LogP) is 9.31. The van der Waals surface area contributed by atoms with E-state index >= 15 is 0 Å². The van der Waals surface area contributed by atoms with E-state index in [1.54, 1.807) is 6.08 Å². The van der Waals surface area contributed by atoms with E-state index in [2.05, 4.69) is 74.7 Å². The molecule has 0 spiro atoms. The molecule has 0 aromatic rings. The van der Waals surface area contributed by atoms with Gasteiger partial charge in [-0.15, -0.1) is 23.5 Å². The Morgan fingerprint density at radius 2 is 1.56 bits per heavy atom. The molecule has 10 heteroatoms. The molecule has 0 aromatic carbocycles. The lowest BCUT2D eigenvalue weighted by Gasteiger charge is -2.47. The molecule has 5 atom stereocenters. The maximum atomic E-state index is 12.6. The van der Waals surface area contributed by atoms with Gasteiger partial charge in [0.05, 0.1) is 16.3 Å². The van der Waals surface area contributed by atoms with Crippen LogP contribution >= 0.6 is 23.5 Å². The third-order valence-electron chi connectivity index (χ3n) is 10.0. The molecule has 2 saturated heterocycles. The molecule has 43 heavy (non-hydrogen) atoms. The van der Waals surface area contributed by atoms with Crippen molar-refractivity contribution >= 4 is 46.1 Å². The van der Waals surface area contributed by atoms with Gasteiger partial charge in [0.2, 0.25) is 0 Å². The zero-order valence-corrected chi connectivity index (χ0v) is 33.1. The summed E-state index contributed by atoms with van der Waals surface area (Å²) in [7, 11) is -4.17. The van der Waals surface area contributed by atoms with Crippen LogP contribution in [-0.4, -0.2) is 74.5 Å². The highest BCUT2D eigenvalue weighted by molar-refractivity contribution is 8.18. The highest BCUT2D eigenvalue weighted by Gasteiger charge is 2.48. The smallest absolute Gasteiger partial charge is 0.330 e. The molecule has 0 bridgehead atoms. The Hall–Kier alpha value is 0.184. The minimum absolute atomic E-state index is 0.0324. The van der Waals surface area contributed by atoms with Crippen molar-refractivity contribution in [2.24, 2.45) is 0 Å². The molecule has 0 aromatic heterocycles. The van der Waals surface area contributed by atoms with Crippen LogP contribution in [0.25, 0.3) is 0 Å². The summed E-state index contributed by atoms with van der Waals surface area (Å²) in [5.41, 5.74) is 0. The van der Waals surface area contributed by atoms with Crippen molar-refractivity contribution in [3.8, 4) is 0 Å². The number of carbonyl (C=O) groups excluding carboxylic acids is 1. The third kappa shape index (κ3) is 10.3. The van der Waals surface area contributed by atoms with Crippen LogP contribution in [0.1, 0.15) is 101 Å². The van der Waals surface area contributed by atoms with Crippen molar-refractivity contribution in [3.05, 3.63) is 12.2 Å². The van der Waals surface area contributed by atoms with E-state index < -0.39 is 22.4 Å². The van der Waals surface area contributed by atoms with Crippen LogP contribution in [0, 0.1) is 0 Å². The molecule has 0 unspecified atom stereocenters. The van der Waals surface area contributed by atoms with Crippen LogP contribution in [0.5, 0.6) is 0 Å². The van der Waals surface area contributed by atoms with Crippen LogP contribution in [0.2, 0.25) is 36.3 Å². The Labute approximate surface area is 274 Å². The van der Waals surface area contributed by atoms with Crippen LogP contribution in [0.15, 0.2) is 12.2 Å². The summed E-state index contributed by atoms with van der Waals surface area (Å²) in [4.78, 5) is 12.6. The minimum Gasteiger partial charge on any atom is -0.456 e. The average molecular weight is 675 g/mol. The van der Waals surface area contributed by atoms with Gasteiger partial charge in [-0.05, 0) is 93.4 Å². The minimum atomic E-state index is -2.09. The fourth-order valence-corrected chi connectivity index (χ4v) is 11.7. The highest BCUT2D eigenvalue weighted by atomic mass is 32.2. The first kappa shape index (κ1) is 37.6. The molecule has 0 saturated carbocycles. The predicted molar refractivity (Wildman–Crippen MR) is 188 cm³/mol. The van der Waals surface area contributed by atoms with Crippen molar-refractivity contribution in [3.63, 3.8) is 0 Å². The van der Waals surface area contributed by atoms with E-state index in [1.807, 2.05) is 43.4 Å². The Kier molecular flexibility index (Phi) is 12.4. The number of hydrogen-bond acceptors (Lipinski definition) is 8. The van der Waals surface area contributed by atoms with Gasteiger partial charge < -0.3 is 23.1 Å². The molecular weight excluding hydrogens is 613 g/mol. The van der Waals surface area contributed by atoms with Gasteiger partial charge in [0.1, 0.15) is 12.2 Å². The topological polar surface area (TPSA) is 63.2 Å². The molecule has 2 fully saturated rings. The summed E-state index contributed by atoms with van der Waals surface area (Å²) >= 11 is 4.07. The Morgan fingerprint density at radius 1 is 0.977 bits per heavy atom. The van der Waals surface area contributed by atoms with Gasteiger partial charge in [0, 0.05) is 25.0 Å². The quantitative estimate of drug-likeness (QED) is 0.159. The van der Waals surface area contributed by atoms with E-state index in [0.717, 1.165) is 43.6 Å². The Balaban J connectivity index is 1.92. The Bertz CT molecular complexity index is 965. The molecular formula is C33H62O6S2Si2. The molecule has 0 aliphatic carbocycles. The molecule has 3 rings (SSSR count). The van der Waals surface area contributed by atoms with Gasteiger partial charge in [0.25, 0.3) is 0 Å². The summed E-state index contributed by atoms with van der Waals surface area (Å²) in [6, 6.07) is 0. The summed E-state index contributed by atoms with van der Waals surface area (Å²) < 4.78 is 32.9. The zero-order chi connectivity index (χ0) is 32.5. The van der Waals surface area contributed by atoms with Crippen molar-refractivity contribution in [2.45, 2.75) is 177 Å². The monoisotopic (exact) mass is 674 g/mol. The van der Waals surface area contributed by atoms with Crippen LogP contribution in [-0.2, 0) is 27.9 Å². The van der Waals surface area contributed by atoms with Gasteiger partial charge in [-0.3, -0.25) is 0 Å². The van der Waals surface area contributed by atoms with Crippen molar-refractivity contribution < 1.29 is 27.9 Å². The van der Waals surface area contributed by atoms with Gasteiger partial charge in [-0.1, -0.05) is 48.5 Å². The molecule has 0 N–H and O–H groups in total. The molecule has 250 valence electrons. The number of rotatable bonds is 11.